The Labute approximate surface area is 104 Å². The molecule has 0 spiro atoms. The molecule has 96 valence electrons. The fourth-order valence-corrected chi connectivity index (χ4v) is 1.98. The zero-order valence-corrected chi connectivity index (χ0v) is 11.4. The van der Waals surface area contributed by atoms with Crippen molar-refractivity contribution in [2.45, 2.75) is 46.1 Å². The third-order valence-corrected chi connectivity index (χ3v) is 2.71. The summed E-state index contributed by atoms with van der Waals surface area (Å²) < 4.78 is 5.39. The van der Waals surface area contributed by atoms with E-state index in [1.807, 2.05) is 20.8 Å². The molecule has 1 fully saturated rings. The summed E-state index contributed by atoms with van der Waals surface area (Å²) in [5, 5.41) is 0. The van der Waals surface area contributed by atoms with Gasteiger partial charge >= 0.3 is 6.09 Å². The van der Waals surface area contributed by atoms with E-state index in [-0.39, 0.29) is 6.09 Å². The van der Waals surface area contributed by atoms with Crippen molar-refractivity contribution in [2.75, 3.05) is 13.1 Å². The molecule has 0 radical (unpaired) electrons. The highest BCUT2D eigenvalue weighted by Gasteiger charge is 2.25. The van der Waals surface area contributed by atoms with Crippen LogP contribution in [0.15, 0.2) is 17.9 Å². The Balaban J connectivity index is 2.66. The second-order valence-electron chi connectivity index (χ2n) is 5.77. The van der Waals surface area contributed by atoms with Gasteiger partial charge in [-0.1, -0.05) is 13.5 Å². The van der Waals surface area contributed by atoms with E-state index in [2.05, 4.69) is 19.2 Å². The van der Waals surface area contributed by atoms with Crippen molar-refractivity contribution in [3.05, 3.63) is 17.9 Å². The topological polar surface area (TPSA) is 29.5 Å². The number of nitrogens with zero attached hydrogens (tertiary/aromatic N) is 1. The van der Waals surface area contributed by atoms with Crippen molar-refractivity contribution >= 4 is 6.09 Å². The van der Waals surface area contributed by atoms with Gasteiger partial charge in [0.1, 0.15) is 5.60 Å². The molecule has 0 aliphatic carbocycles. The van der Waals surface area contributed by atoms with Crippen molar-refractivity contribution in [3.63, 3.8) is 0 Å². The summed E-state index contributed by atoms with van der Waals surface area (Å²) in [6.45, 7) is 13.0. The second-order valence-corrected chi connectivity index (χ2v) is 5.77. The summed E-state index contributed by atoms with van der Waals surface area (Å²) >= 11 is 0. The van der Waals surface area contributed by atoms with E-state index in [1.54, 1.807) is 4.90 Å². The van der Waals surface area contributed by atoms with Crippen LogP contribution in [0, 0.1) is 5.92 Å². The first-order valence-electron chi connectivity index (χ1n) is 6.17. The molecule has 1 saturated heterocycles. The average Bonchev–Trinajstić information content (AvgIpc) is 2.37. The fraction of sp³-hybridized carbons (Fsp3) is 0.714. The minimum atomic E-state index is -0.427. The number of hydrogen-bond donors (Lipinski definition) is 0. The first kappa shape index (κ1) is 13.9. The lowest BCUT2D eigenvalue weighted by atomic mass is 10.0. The standard InChI is InChI=1S/C14H23NO2/c1-6-12-7-8-15(10-11(2)9-12)13(16)17-14(3,4)5/h11H,1,7-10H2,2-5H3/t11-/m1/s1. The summed E-state index contributed by atoms with van der Waals surface area (Å²) in [6, 6.07) is 0. The number of rotatable bonds is 0. The number of amides is 1. The van der Waals surface area contributed by atoms with Crippen molar-refractivity contribution in [3.8, 4) is 0 Å². The first-order chi connectivity index (χ1) is 7.81. The smallest absolute Gasteiger partial charge is 0.410 e. The Hall–Kier alpha value is -1.21. The molecule has 3 nitrogen and oxygen atoms in total. The molecule has 1 aliphatic heterocycles. The maximum atomic E-state index is 12.0. The average molecular weight is 237 g/mol. The van der Waals surface area contributed by atoms with E-state index in [9.17, 15) is 4.79 Å². The van der Waals surface area contributed by atoms with Crippen LogP contribution < -0.4 is 0 Å². The molecule has 0 saturated carbocycles. The lowest BCUT2D eigenvalue weighted by Gasteiger charge is -2.27. The lowest BCUT2D eigenvalue weighted by Crippen LogP contribution is -2.38. The quantitative estimate of drug-likeness (QED) is 0.605. The molecule has 1 heterocycles. The molecule has 0 N–H and O–H groups in total. The Kier molecular flexibility index (Phi) is 4.41. The molecule has 1 aliphatic rings. The van der Waals surface area contributed by atoms with Crippen LogP contribution in [0.25, 0.3) is 0 Å². The minimum Gasteiger partial charge on any atom is -0.444 e. The molecular weight excluding hydrogens is 214 g/mol. The largest absolute Gasteiger partial charge is 0.444 e. The van der Waals surface area contributed by atoms with Crippen molar-refractivity contribution in [1.82, 2.24) is 4.90 Å². The highest BCUT2D eigenvalue weighted by atomic mass is 16.6. The van der Waals surface area contributed by atoms with Gasteiger partial charge in [-0.05, 0) is 45.1 Å². The summed E-state index contributed by atoms with van der Waals surface area (Å²) in [5.74, 6) is 0.439. The third-order valence-electron chi connectivity index (χ3n) is 2.71. The molecule has 0 unspecified atom stereocenters. The predicted octanol–water partition coefficient (Wildman–Crippen LogP) is 3.36. The molecule has 0 aromatic heterocycles. The zero-order valence-electron chi connectivity index (χ0n) is 11.4. The molecule has 1 rings (SSSR count). The van der Waals surface area contributed by atoms with Gasteiger partial charge in [-0.25, -0.2) is 4.79 Å². The number of carbonyl (C=O) groups excluding carboxylic acids is 1. The van der Waals surface area contributed by atoms with Crippen LogP contribution in [-0.2, 0) is 4.74 Å². The number of ether oxygens (including phenoxy) is 1. The Morgan fingerprint density at radius 1 is 1.53 bits per heavy atom. The molecule has 1 amide bonds. The van der Waals surface area contributed by atoms with E-state index in [1.165, 1.54) is 5.57 Å². The van der Waals surface area contributed by atoms with Gasteiger partial charge in [0.15, 0.2) is 0 Å². The molecule has 3 heteroatoms. The summed E-state index contributed by atoms with van der Waals surface area (Å²) in [6.07, 6.45) is 1.62. The normalized spacial score (nSPS) is 21.8. The van der Waals surface area contributed by atoms with Crippen LogP contribution in [0.3, 0.4) is 0 Å². The second kappa shape index (κ2) is 5.42. The number of hydrogen-bond acceptors (Lipinski definition) is 2. The Morgan fingerprint density at radius 2 is 2.18 bits per heavy atom. The zero-order chi connectivity index (χ0) is 13.1. The van der Waals surface area contributed by atoms with Crippen LogP contribution in [0.1, 0.15) is 40.5 Å². The highest BCUT2D eigenvalue weighted by molar-refractivity contribution is 5.68. The van der Waals surface area contributed by atoms with Crippen molar-refractivity contribution in [2.24, 2.45) is 5.92 Å². The van der Waals surface area contributed by atoms with E-state index < -0.39 is 5.60 Å². The van der Waals surface area contributed by atoms with Crippen LogP contribution in [0.4, 0.5) is 4.79 Å². The first-order valence-corrected chi connectivity index (χ1v) is 6.17. The molecule has 0 aromatic carbocycles. The number of carbonyl (C=O) groups is 1. The van der Waals surface area contributed by atoms with Crippen LogP contribution in [0.5, 0.6) is 0 Å². The van der Waals surface area contributed by atoms with Gasteiger partial charge in [-0.2, -0.15) is 0 Å². The summed E-state index contributed by atoms with van der Waals surface area (Å²) in [4.78, 5) is 13.8. The predicted molar refractivity (Wildman–Crippen MR) is 68.9 cm³/mol. The van der Waals surface area contributed by atoms with Gasteiger partial charge in [-0.15, -0.1) is 5.73 Å². The van der Waals surface area contributed by atoms with E-state index in [0.29, 0.717) is 12.5 Å². The SMILES string of the molecule is C=C=C1CCN(C(=O)OC(C)(C)C)C[C@H](C)C1. The molecule has 17 heavy (non-hydrogen) atoms. The van der Waals surface area contributed by atoms with Gasteiger partial charge in [-0.3, -0.25) is 0 Å². The van der Waals surface area contributed by atoms with Crippen LogP contribution in [0.2, 0.25) is 0 Å². The van der Waals surface area contributed by atoms with Crippen LogP contribution in [-0.4, -0.2) is 29.7 Å². The van der Waals surface area contributed by atoms with Gasteiger partial charge in [0.2, 0.25) is 0 Å². The Bertz CT molecular complexity index is 335. The van der Waals surface area contributed by atoms with Crippen molar-refractivity contribution in [1.29, 1.82) is 0 Å². The van der Waals surface area contributed by atoms with Gasteiger partial charge < -0.3 is 9.64 Å². The Morgan fingerprint density at radius 3 is 2.71 bits per heavy atom. The number of likely N-dealkylation sites (tertiary alicyclic amines) is 1. The van der Waals surface area contributed by atoms with E-state index >= 15 is 0 Å². The van der Waals surface area contributed by atoms with Gasteiger partial charge in [0.25, 0.3) is 0 Å². The lowest BCUT2D eigenvalue weighted by molar-refractivity contribution is 0.0238. The van der Waals surface area contributed by atoms with Gasteiger partial charge in [0.05, 0.1) is 0 Å². The monoisotopic (exact) mass is 237 g/mol. The van der Waals surface area contributed by atoms with Crippen molar-refractivity contribution < 1.29 is 9.53 Å². The maximum Gasteiger partial charge on any atom is 0.410 e. The van der Waals surface area contributed by atoms with E-state index in [0.717, 1.165) is 19.4 Å². The van der Waals surface area contributed by atoms with Gasteiger partial charge in [0, 0.05) is 13.1 Å². The molecule has 0 bridgehead atoms. The highest BCUT2D eigenvalue weighted by Crippen LogP contribution is 2.21. The maximum absolute atomic E-state index is 12.0. The van der Waals surface area contributed by atoms with E-state index in [4.69, 9.17) is 4.74 Å². The summed E-state index contributed by atoms with van der Waals surface area (Å²) in [5.41, 5.74) is 3.75. The summed E-state index contributed by atoms with van der Waals surface area (Å²) in [7, 11) is 0. The van der Waals surface area contributed by atoms with Crippen LogP contribution >= 0.6 is 0 Å². The third kappa shape index (κ3) is 4.66. The molecule has 0 aromatic rings. The molecule has 1 atom stereocenters. The fourth-order valence-electron chi connectivity index (χ4n) is 1.98. The molecular formula is C14H23NO2. The minimum absolute atomic E-state index is 0.213.